The molecule has 1 aromatic heterocycles. The van der Waals surface area contributed by atoms with Crippen LogP contribution in [0.2, 0.25) is 0 Å². The van der Waals surface area contributed by atoms with Gasteiger partial charge in [-0.3, -0.25) is 4.79 Å². The van der Waals surface area contributed by atoms with E-state index in [2.05, 4.69) is 34.0 Å². The first-order valence-corrected chi connectivity index (χ1v) is 8.94. The lowest BCUT2D eigenvalue weighted by Crippen LogP contribution is -2.41. The fraction of sp³-hybridized carbons (Fsp3) is 0.286. The van der Waals surface area contributed by atoms with Gasteiger partial charge in [-0.25, -0.2) is 9.98 Å². The minimum absolute atomic E-state index is 0.0538. The van der Waals surface area contributed by atoms with Crippen LogP contribution in [0.4, 0.5) is 0 Å². The highest BCUT2D eigenvalue weighted by atomic mass is 16.3. The van der Waals surface area contributed by atoms with Crippen molar-refractivity contribution in [2.24, 2.45) is 10.7 Å². The van der Waals surface area contributed by atoms with Crippen molar-refractivity contribution >= 4 is 17.4 Å². The summed E-state index contributed by atoms with van der Waals surface area (Å²) in [6, 6.07) is 8.38. The molecular weight excluding hydrogens is 340 g/mol. The second-order valence-electron chi connectivity index (χ2n) is 6.84. The van der Waals surface area contributed by atoms with E-state index >= 15 is 0 Å². The normalized spacial score (nSPS) is 16.4. The molecule has 1 unspecified atom stereocenters. The Kier molecular flexibility index (Phi) is 5.54. The van der Waals surface area contributed by atoms with E-state index in [1.54, 1.807) is 0 Å². The fourth-order valence-electron chi connectivity index (χ4n) is 3.11. The van der Waals surface area contributed by atoms with Gasteiger partial charge in [0.25, 0.3) is 5.91 Å². The highest BCUT2D eigenvalue weighted by Gasteiger charge is 2.22. The van der Waals surface area contributed by atoms with Gasteiger partial charge in [0.05, 0.1) is 11.8 Å². The van der Waals surface area contributed by atoms with E-state index in [1.807, 2.05) is 26.0 Å². The summed E-state index contributed by atoms with van der Waals surface area (Å²) in [4.78, 5) is 21.0. The Bertz CT molecular complexity index is 906. The number of aliphatic imine (C=N–C) groups is 1. The van der Waals surface area contributed by atoms with Gasteiger partial charge in [-0.2, -0.15) is 0 Å². The largest absolute Gasteiger partial charge is 0.443 e. The van der Waals surface area contributed by atoms with Gasteiger partial charge in [0.1, 0.15) is 17.8 Å². The number of benzene rings is 1. The summed E-state index contributed by atoms with van der Waals surface area (Å²) in [7, 11) is 0. The van der Waals surface area contributed by atoms with E-state index in [4.69, 9.17) is 10.2 Å². The molecule has 1 aliphatic carbocycles. The minimum Gasteiger partial charge on any atom is -0.443 e. The van der Waals surface area contributed by atoms with Crippen molar-refractivity contribution in [3.63, 3.8) is 0 Å². The zero-order chi connectivity index (χ0) is 19.4. The van der Waals surface area contributed by atoms with Gasteiger partial charge >= 0.3 is 0 Å². The van der Waals surface area contributed by atoms with Crippen LogP contribution in [-0.4, -0.2) is 22.8 Å². The molecule has 140 valence electrons. The van der Waals surface area contributed by atoms with Gasteiger partial charge in [0.2, 0.25) is 5.89 Å². The molecule has 1 heterocycles. The lowest BCUT2D eigenvalue weighted by atomic mass is 9.88. The van der Waals surface area contributed by atoms with E-state index in [-0.39, 0.29) is 23.4 Å². The van der Waals surface area contributed by atoms with Crippen molar-refractivity contribution in [3.05, 3.63) is 71.5 Å². The molecule has 0 bridgehead atoms. The van der Waals surface area contributed by atoms with Gasteiger partial charge in [-0.05, 0) is 49.8 Å². The maximum absolute atomic E-state index is 12.6. The molecule has 3 rings (SSSR count). The van der Waals surface area contributed by atoms with E-state index in [0.717, 1.165) is 24.8 Å². The molecule has 0 spiro atoms. The molecule has 3 N–H and O–H groups in total. The summed E-state index contributed by atoms with van der Waals surface area (Å²) in [5, 5.41) is 3.02. The predicted octanol–water partition coefficient (Wildman–Crippen LogP) is 3.01. The summed E-state index contributed by atoms with van der Waals surface area (Å²) >= 11 is 0. The number of nitrogens with two attached hydrogens (primary N) is 1. The predicted molar refractivity (Wildman–Crippen MR) is 106 cm³/mol. The third-order valence-corrected chi connectivity index (χ3v) is 4.61. The quantitative estimate of drug-likeness (QED) is 0.484. The third-order valence-electron chi connectivity index (χ3n) is 4.61. The van der Waals surface area contributed by atoms with Crippen LogP contribution >= 0.6 is 0 Å². The van der Waals surface area contributed by atoms with Crippen LogP contribution in [0.5, 0.6) is 0 Å². The molecule has 1 aromatic carbocycles. The van der Waals surface area contributed by atoms with Crippen molar-refractivity contribution in [1.82, 2.24) is 10.3 Å². The van der Waals surface area contributed by atoms with Crippen LogP contribution < -0.4 is 11.1 Å². The molecule has 0 saturated carbocycles. The Hall–Kier alpha value is -3.15. The molecule has 1 atom stereocenters. The number of nitrogens with zero attached hydrogens (tertiary/aromatic N) is 2. The van der Waals surface area contributed by atoms with Crippen molar-refractivity contribution in [1.29, 1.82) is 0 Å². The van der Waals surface area contributed by atoms with Gasteiger partial charge in [-0.15, -0.1) is 0 Å². The molecule has 0 radical (unpaired) electrons. The summed E-state index contributed by atoms with van der Waals surface area (Å²) in [6.07, 6.45) is 5.65. The van der Waals surface area contributed by atoms with E-state index in [0.29, 0.717) is 11.6 Å². The Morgan fingerprint density at radius 3 is 2.74 bits per heavy atom. The van der Waals surface area contributed by atoms with E-state index in [1.165, 1.54) is 23.6 Å². The van der Waals surface area contributed by atoms with Crippen molar-refractivity contribution in [3.8, 4) is 0 Å². The lowest BCUT2D eigenvalue weighted by molar-refractivity contribution is -0.117. The summed E-state index contributed by atoms with van der Waals surface area (Å²) < 4.78 is 5.29. The minimum atomic E-state index is -0.304. The maximum atomic E-state index is 12.6. The van der Waals surface area contributed by atoms with Crippen molar-refractivity contribution in [2.75, 3.05) is 0 Å². The number of hydrogen-bond acceptors (Lipinski definition) is 4. The summed E-state index contributed by atoms with van der Waals surface area (Å²) in [5.74, 6) is 0.106. The van der Waals surface area contributed by atoms with Crippen LogP contribution in [-0.2, 0) is 17.6 Å². The molecule has 27 heavy (non-hydrogen) atoms. The number of carbonyl (C=O) groups excluding carboxylic acids is 1. The molecule has 2 aromatic rings. The lowest BCUT2D eigenvalue weighted by Gasteiger charge is -2.25. The van der Waals surface area contributed by atoms with Crippen molar-refractivity contribution in [2.45, 2.75) is 39.2 Å². The molecule has 0 fully saturated rings. The first-order valence-electron chi connectivity index (χ1n) is 8.94. The molecule has 1 amide bonds. The average molecular weight is 364 g/mol. The fourth-order valence-corrected chi connectivity index (χ4v) is 3.11. The molecule has 0 aliphatic heterocycles. The number of nitrogens with one attached hydrogen (secondary N) is 1. The Morgan fingerprint density at radius 1 is 1.33 bits per heavy atom. The highest BCUT2D eigenvalue weighted by Crippen LogP contribution is 2.22. The zero-order valence-electron chi connectivity index (χ0n) is 15.7. The molecule has 0 saturated heterocycles. The number of hydrogen-bond donors (Lipinski definition) is 2. The van der Waals surface area contributed by atoms with Crippen LogP contribution in [0.25, 0.3) is 5.70 Å². The first kappa shape index (κ1) is 18.6. The highest BCUT2D eigenvalue weighted by molar-refractivity contribution is 6.20. The van der Waals surface area contributed by atoms with Crippen LogP contribution in [0.1, 0.15) is 37.3 Å². The van der Waals surface area contributed by atoms with E-state index < -0.39 is 0 Å². The second kappa shape index (κ2) is 8.03. The number of amidine groups is 1. The van der Waals surface area contributed by atoms with E-state index in [9.17, 15) is 4.79 Å². The zero-order valence-corrected chi connectivity index (χ0v) is 15.7. The van der Waals surface area contributed by atoms with Gasteiger partial charge in [0, 0.05) is 6.04 Å². The second-order valence-corrected chi connectivity index (χ2v) is 6.84. The SMILES string of the molecule is C=C(C(=O)NC1CCc2ccccc2C1)C(N)=NC(=C(C)C)c1ncco1. The summed E-state index contributed by atoms with van der Waals surface area (Å²) in [5.41, 5.74) is 10.2. The average Bonchev–Trinajstić information content (AvgIpc) is 3.19. The monoisotopic (exact) mass is 364 g/mol. The first-order chi connectivity index (χ1) is 13.0. The summed E-state index contributed by atoms with van der Waals surface area (Å²) in [6.45, 7) is 7.56. The number of fused-ring (bicyclic) bond motifs is 1. The maximum Gasteiger partial charge on any atom is 0.254 e. The van der Waals surface area contributed by atoms with Gasteiger partial charge in [-0.1, -0.05) is 30.8 Å². The smallest absolute Gasteiger partial charge is 0.254 e. The number of aromatic nitrogens is 1. The Balaban J connectivity index is 1.68. The number of carbonyl (C=O) groups is 1. The molecular formula is C21H24N4O2. The number of oxazole rings is 1. The van der Waals surface area contributed by atoms with Crippen LogP contribution in [0, 0.1) is 0 Å². The number of aryl methyl sites for hydroxylation is 1. The number of amides is 1. The third kappa shape index (κ3) is 4.34. The molecule has 1 aliphatic rings. The number of allylic oxidation sites excluding steroid dienone is 1. The Morgan fingerprint density at radius 2 is 2.07 bits per heavy atom. The molecule has 6 heteroatoms. The van der Waals surface area contributed by atoms with Crippen LogP contribution in [0.3, 0.4) is 0 Å². The topological polar surface area (TPSA) is 93.5 Å². The molecule has 6 nitrogen and oxygen atoms in total. The number of rotatable bonds is 5. The van der Waals surface area contributed by atoms with Gasteiger partial charge < -0.3 is 15.5 Å². The van der Waals surface area contributed by atoms with Gasteiger partial charge in [0.15, 0.2) is 0 Å². The standard InChI is InChI=1S/C21H24N4O2/c1-13(2)18(21-23-10-11-27-21)25-19(22)14(3)20(26)24-17-9-8-15-6-4-5-7-16(15)12-17/h4-7,10-11,17H,3,8-9,12H2,1-2H3,(H2,22,25)(H,24,26). The Labute approximate surface area is 158 Å². The van der Waals surface area contributed by atoms with Crippen LogP contribution in [0.15, 0.2) is 63.9 Å². The van der Waals surface area contributed by atoms with Crippen molar-refractivity contribution < 1.29 is 9.21 Å².